The van der Waals surface area contributed by atoms with Gasteiger partial charge in [0.1, 0.15) is 0 Å². The molecule has 156 valence electrons. The van der Waals surface area contributed by atoms with Gasteiger partial charge in [-0.05, 0) is 41.1 Å². The molecule has 0 saturated carbocycles. The Morgan fingerprint density at radius 1 is 0.966 bits per heavy atom. The molecule has 29 heavy (non-hydrogen) atoms. The monoisotopic (exact) mass is 450 g/mol. The molecule has 4 nitrogen and oxygen atoms in total. The lowest BCUT2D eigenvalue weighted by Crippen LogP contribution is -2.42. The number of piperazine rings is 1. The van der Waals surface area contributed by atoms with Crippen molar-refractivity contribution in [3.8, 4) is 11.1 Å². The highest BCUT2D eigenvalue weighted by Crippen LogP contribution is 2.39. The maximum absolute atomic E-state index is 6.37. The zero-order valence-electron chi connectivity index (χ0n) is 16.3. The minimum Gasteiger partial charge on any atom is -0.399 e. The van der Waals surface area contributed by atoms with E-state index in [-0.39, 0.29) is 24.8 Å². The van der Waals surface area contributed by atoms with Gasteiger partial charge in [0.05, 0.1) is 0 Å². The molecule has 5 N–H and O–H groups in total. The van der Waals surface area contributed by atoms with Gasteiger partial charge >= 0.3 is 0 Å². The van der Waals surface area contributed by atoms with E-state index in [4.69, 9.17) is 11.5 Å². The third-order valence-electron chi connectivity index (χ3n) is 5.10. The van der Waals surface area contributed by atoms with Crippen molar-refractivity contribution in [1.29, 1.82) is 0 Å². The van der Waals surface area contributed by atoms with E-state index in [0.717, 1.165) is 56.1 Å². The van der Waals surface area contributed by atoms with Crippen LogP contribution in [0.4, 0.5) is 11.4 Å². The molecule has 0 bridgehead atoms. The van der Waals surface area contributed by atoms with Crippen LogP contribution in [0.3, 0.4) is 0 Å². The number of benzene rings is 2. The van der Waals surface area contributed by atoms with Gasteiger partial charge in [-0.3, -0.25) is 4.90 Å². The second-order valence-corrected chi connectivity index (χ2v) is 8.06. The Kier molecular flexibility index (Phi) is 8.80. The van der Waals surface area contributed by atoms with Gasteiger partial charge in [0.15, 0.2) is 0 Å². The van der Waals surface area contributed by atoms with Gasteiger partial charge in [-0.25, -0.2) is 0 Å². The van der Waals surface area contributed by atoms with Crippen LogP contribution in [0.15, 0.2) is 53.9 Å². The predicted octanol–water partition coefficient (Wildman–Crippen LogP) is 4.42. The van der Waals surface area contributed by atoms with Gasteiger partial charge in [-0.15, -0.1) is 36.2 Å². The van der Waals surface area contributed by atoms with Crippen LogP contribution in [-0.4, -0.2) is 31.1 Å². The van der Waals surface area contributed by atoms with Crippen molar-refractivity contribution in [3.05, 3.63) is 69.9 Å². The molecule has 1 aliphatic heterocycles. The molecular formula is C22H28Cl2N4S. The third kappa shape index (κ3) is 5.65. The van der Waals surface area contributed by atoms with Crippen LogP contribution in [0.5, 0.6) is 0 Å². The minimum absolute atomic E-state index is 0. The maximum atomic E-state index is 6.37. The van der Waals surface area contributed by atoms with Crippen LogP contribution in [0.25, 0.3) is 11.1 Å². The standard InChI is InChI=1S/C22H26N4S.2ClH/c23-18-6-7-20(24)19(13-18)22-17(12-16-4-2-1-3-5-16)15-27-21(22)14-26-10-8-25-9-11-26;;/h1-7,13,15,25H,8-12,14,23-24H2;2*1H. The maximum Gasteiger partial charge on any atom is 0.0395 e. The van der Waals surface area contributed by atoms with Gasteiger partial charge in [0.25, 0.3) is 0 Å². The van der Waals surface area contributed by atoms with E-state index < -0.39 is 0 Å². The molecule has 0 unspecified atom stereocenters. The first-order chi connectivity index (χ1) is 13.2. The lowest BCUT2D eigenvalue weighted by atomic mass is 9.95. The van der Waals surface area contributed by atoms with Crippen molar-refractivity contribution in [2.24, 2.45) is 0 Å². The fourth-order valence-corrected chi connectivity index (χ4v) is 4.79. The molecular weight excluding hydrogens is 423 g/mol. The second kappa shape index (κ2) is 10.9. The Morgan fingerprint density at radius 2 is 1.69 bits per heavy atom. The van der Waals surface area contributed by atoms with Crippen molar-refractivity contribution in [1.82, 2.24) is 10.2 Å². The molecule has 1 fully saturated rings. The van der Waals surface area contributed by atoms with Crippen LogP contribution >= 0.6 is 36.2 Å². The minimum atomic E-state index is 0. The molecule has 0 atom stereocenters. The number of nitrogen functional groups attached to an aromatic ring is 2. The molecule has 0 radical (unpaired) electrons. The molecule has 0 aliphatic carbocycles. The van der Waals surface area contributed by atoms with E-state index in [0.29, 0.717) is 0 Å². The van der Waals surface area contributed by atoms with Crippen LogP contribution in [-0.2, 0) is 13.0 Å². The lowest BCUT2D eigenvalue weighted by Gasteiger charge is -2.27. The highest BCUT2D eigenvalue weighted by molar-refractivity contribution is 7.10. The third-order valence-corrected chi connectivity index (χ3v) is 6.12. The summed E-state index contributed by atoms with van der Waals surface area (Å²) in [6, 6.07) is 16.4. The highest BCUT2D eigenvalue weighted by atomic mass is 35.5. The fourth-order valence-electron chi connectivity index (χ4n) is 3.69. The summed E-state index contributed by atoms with van der Waals surface area (Å²) < 4.78 is 0. The molecule has 7 heteroatoms. The molecule has 2 aromatic carbocycles. The zero-order chi connectivity index (χ0) is 18.6. The number of hydrogen-bond acceptors (Lipinski definition) is 5. The molecule has 4 rings (SSSR count). The number of hydrogen-bond donors (Lipinski definition) is 3. The Balaban J connectivity index is 0.00000150. The van der Waals surface area contributed by atoms with E-state index in [1.54, 1.807) is 0 Å². The smallest absolute Gasteiger partial charge is 0.0395 e. The molecule has 1 saturated heterocycles. The Labute approximate surface area is 189 Å². The van der Waals surface area contributed by atoms with Gasteiger partial charge < -0.3 is 16.8 Å². The Morgan fingerprint density at radius 3 is 2.41 bits per heavy atom. The van der Waals surface area contributed by atoms with Gasteiger partial charge in [0, 0.05) is 60.1 Å². The summed E-state index contributed by atoms with van der Waals surface area (Å²) in [5.74, 6) is 0. The zero-order valence-corrected chi connectivity index (χ0v) is 18.7. The summed E-state index contributed by atoms with van der Waals surface area (Å²) in [5.41, 5.74) is 19.0. The Bertz CT molecular complexity index is 908. The molecule has 0 spiro atoms. The SMILES string of the molecule is Cl.Cl.Nc1ccc(N)c(-c2c(Cc3ccccc3)csc2CN2CCNCC2)c1. The normalized spacial score (nSPS) is 14.1. The largest absolute Gasteiger partial charge is 0.399 e. The fraction of sp³-hybridized carbons (Fsp3) is 0.273. The first-order valence-corrected chi connectivity index (χ1v) is 10.3. The molecule has 1 aromatic heterocycles. The van der Waals surface area contributed by atoms with Crippen molar-refractivity contribution in [3.63, 3.8) is 0 Å². The van der Waals surface area contributed by atoms with Crippen molar-refractivity contribution >= 4 is 47.5 Å². The number of thiophene rings is 1. The average Bonchev–Trinajstić information content (AvgIpc) is 3.07. The number of rotatable bonds is 5. The molecule has 2 heterocycles. The predicted molar refractivity (Wildman–Crippen MR) is 130 cm³/mol. The molecule has 1 aliphatic rings. The number of nitrogens with zero attached hydrogens (tertiary/aromatic N) is 1. The van der Waals surface area contributed by atoms with Gasteiger partial charge in [-0.1, -0.05) is 30.3 Å². The van der Waals surface area contributed by atoms with Crippen molar-refractivity contribution < 1.29 is 0 Å². The quantitative estimate of drug-likeness (QED) is 0.503. The average molecular weight is 451 g/mol. The summed E-state index contributed by atoms with van der Waals surface area (Å²) in [6.07, 6.45) is 0.905. The number of nitrogens with one attached hydrogen (secondary N) is 1. The van der Waals surface area contributed by atoms with E-state index in [1.165, 1.54) is 21.6 Å². The van der Waals surface area contributed by atoms with Crippen LogP contribution in [0.1, 0.15) is 16.0 Å². The summed E-state index contributed by atoms with van der Waals surface area (Å²) in [4.78, 5) is 3.89. The summed E-state index contributed by atoms with van der Waals surface area (Å²) >= 11 is 1.84. The van der Waals surface area contributed by atoms with Crippen LogP contribution in [0.2, 0.25) is 0 Å². The first kappa shape index (κ1) is 23.5. The van der Waals surface area contributed by atoms with E-state index in [9.17, 15) is 0 Å². The summed E-state index contributed by atoms with van der Waals surface area (Å²) in [7, 11) is 0. The van der Waals surface area contributed by atoms with Crippen LogP contribution in [0, 0.1) is 0 Å². The van der Waals surface area contributed by atoms with Crippen molar-refractivity contribution in [2.75, 3.05) is 37.6 Å². The molecule has 3 aromatic rings. The topological polar surface area (TPSA) is 67.3 Å². The number of halogens is 2. The lowest BCUT2D eigenvalue weighted by molar-refractivity contribution is 0.235. The van der Waals surface area contributed by atoms with E-state index >= 15 is 0 Å². The van der Waals surface area contributed by atoms with E-state index in [1.807, 2.05) is 29.5 Å². The van der Waals surface area contributed by atoms with Crippen molar-refractivity contribution in [2.45, 2.75) is 13.0 Å². The second-order valence-electron chi connectivity index (χ2n) is 7.09. The highest BCUT2D eigenvalue weighted by Gasteiger charge is 2.19. The van der Waals surface area contributed by atoms with E-state index in [2.05, 4.69) is 45.9 Å². The summed E-state index contributed by atoms with van der Waals surface area (Å²) in [5, 5.41) is 5.72. The van der Waals surface area contributed by atoms with Gasteiger partial charge in [-0.2, -0.15) is 0 Å². The van der Waals surface area contributed by atoms with Gasteiger partial charge in [0.2, 0.25) is 0 Å². The van der Waals surface area contributed by atoms with Crippen LogP contribution < -0.4 is 16.8 Å². The Hall–Kier alpha value is -1.76. The summed E-state index contributed by atoms with van der Waals surface area (Å²) in [6.45, 7) is 5.23. The first-order valence-electron chi connectivity index (χ1n) is 9.42. The number of anilines is 2. The molecule has 0 amide bonds. The number of nitrogens with two attached hydrogens (primary N) is 2.